The summed E-state index contributed by atoms with van der Waals surface area (Å²) in [5.41, 5.74) is -0.243. The number of aromatic nitrogens is 1. The van der Waals surface area contributed by atoms with Crippen LogP contribution in [-0.4, -0.2) is 71.9 Å². The number of nitrogens with one attached hydrogen (secondary N) is 1. The quantitative estimate of drug-likeness (QED) is 0.463. The van der Waals surface area contributed by atoms with Gasteiger partial charge in [-0.05, 0) is 25.5 Å². The van der Waals surface area contributed by atoms with Crippen LogP contribution < -0.4 is 15.6 Å². The molecule has 1 fully saturated rings. The molecule has 0 spiro atoms. The Hall–Kier alpha value is -3.28. The Bertz CT molecular complexity index is 1240. The molecule has 1 unspecified atom stereocenters. The average molecular weight is 567 g/mol. The molecule has 2 aromatic rings. The van der Waals surface area contributed by atoms with Crippen LogP contribution in [0.15, 0.2) is 22.0 Å². The molecule has 2 N–H and O–H groups in total. The third kappa shape index (κ3) is 7.03. The van der Waals surface area contributed by atoms with Crippen molar-refractivity contribution >= 4 is 46.3 Å². The molecule has 1 aromatic heterocycles. The number of piperazine rings is 1. The van der Waals surface area contributed by atoms with E-state index in [2.05, 4.69) is 5.32 Å². The predicted molar refractivity (Wildman–Crippen MR) is 151 cm³/mol. The molecule has 2 amide bonds. The molecular weight excluding hydrogens is 527 g/mol. The van der Waals surface area contributed by atoms with Gasteiger partial charge in [-0.25, -0.2) is 14.0 Å². The molecule has 3 heterocycles. The van der Waals surface area contributed by atoms with Crippen LogP contribution in [-0.2, 0) is 9.53 Å². The van der Waals surface area contributed by atoms with E-state index in [1.54, 1.807) is 20.4 Å². The number of rotatable bonds is 7. The Labute approximate surface area is 232 Å². The third-order valence-electron chi connectivity index (χ3n) is 6.18. The molecule has 10 nitrogen and oxygen atoms in total. The zero-order valence-corrected chi connectivity index (χ0v) is 24.3. The van der Waals surface area contributed by atoms with Gasteiger partial charge in [-0.15, -0.1) is 0 Å². The number of aromatic carboxylic acids is 1. The molecule has 0 bridgehead atoms. The number of anilines is 1. The molecule has 1 atom stereocenters. The number of carboxylic acid groups (broad SMARTS) is 1. The largest absolute Gasteiger partial charge is 0.477 e. The lowest BCUT2D eigenvalue weighted by Crippen LogP contribution is -2.51. The number of pyridine rings is 1. The van der Waals surface area contributed by atoms with Gasteiger partial charge < -0.3 is 29.5 Å². The lowest BCUT2D eigenvalue weighted by molar-refractivity contribution is -0.130. The van der Waals surface area contributed by atoms with Gasteiger partial charge in [-0.2, -0.15) is 0 Å². The Morgan fingerprint density at radius 1 is 1.13 bits per heavy atom. The zero-order valence-electron chi connectivity index (χ0n) is 23.5. The highest BCUT2D eigenvalue weighted by molar-refractivity contribution is 8.00. The van der Waals surface area contributed by atoms with Crippen LogP contribution in [0.5, 0.6) is 0 Å². The molecule has 1 aromatic carbocycles. The average Bonchev–Trinajstić information content (AvgIpc) is 2.94. The minimum absolute atomic E-state index is 0.0326. The van der Waals surface area contributed by atoms with E-state index in [0.29, 0.717) is 49.0 Å². The van der Waals surface area contributed by atoms with E-state index >= 15 is 4.39 Å². The summed E-state index contributed by atoms with van der Waals surface area (Å²) < 4.78 is 21.8. The van der Waals surface area contributed by atoms with Crippen LogP contribution in [0, 0.1) is 5.82 Å². The van der Waals surface area contributed by atoms with Crippen molar-refractivity contribution in [2.75, 3.05) is 44.2 Å². The molecular formula is C27H39FN4O6S. The van der Waals surface area contributed by atoms with Gasteiger partial charge in [0.1, 0.15) is 17.9 Å². The molecule has 216 valence electrons. The number of halogens is 1. The van der Waals surface area contributed by atoms with Gasteiger partial charge in [0, 0.05) is 31.6 Å². The first-order valence-corrected chi connectivity index (χ1v) is 14.4. The van der Waals surface area contributed by atoms with Crippen molar-refractivity contribution < 1.29 is 28.6 Å². The number of unbranched alkanes of at least 4 members (excludes halogenated alkanes) is 1. The SMILES string of the molecule is CC.CC.CCCCOC(=O)NCC(=O)N1CCN(c2cc3c(cc2F)c(=O)c(C(=O)O)c2n3C(C)S2)CC1. The van der Waals surface area contributed by atoms with Crippen molar-refractivity contribution in [3.63, 3.8) is 0 Å². The topological polar surface area (TPSA) is 121 Å². The Morgan fingerprint density at radius 2 is 1.77 bits per heavy atom. The maximum absolute atomic E-state index is 15.1. The van der Waals surface area contributed by atoms with Crippen molar-refractivity contribution in [2.24, 2.45) is 0 Å². The molecule has 0 saturated carbocycles. The van der Waals surface area contributed by atoms with Crippen molar-refractivity contribution in [3.8, 4) is 0 Å². The van der Waals surface area contributed by atoms with Crippen LogP contribution in [0.4, 0.5) is 14.9 Å². The molecule has 0 aliphatic carbocycles. The molecule has 1 saturated heterocycles. The number of hydrogen-bond donors (Lipinski definition) is 2. The maximum Gasteiger partial charge on any atom is 0.407 e. The van der Waals surface area contributed by atoms with Gasteiger partial charge in [-0.1, -0.05) is 52.8 Å². The number of nitrogens with zero attached hydrogens (tertiary/aromatic N) is 3. The Kier molecular flexibility index (Phi) is 12.1. The maximum atomic E-state index is 15.1. The first-order valence-electron chi connectivity index (χ1n) is 13.5. The standard InChI is InChI=1S/C23H27FN4O6S.2C2H6/c1-3-4-9-34-23(33)25-12-18(29)27-7-5-26(6-8-27)17-11-16-14(10-15(17)24)20(30)19(22(31)32)21-28(16)13(2)35-21;2*1-2/h10-11,13H,3-9,12H2,1-2H3,(H,25,33)(H,31,32);2*1-2H3. The lowest BCUT2D eigenvalue weighted by Gasteiger charge is -2.37. The molecule has 39 heavy (non-hydrogen) atoms. The van der Waals surface area contributed by atoms with Crippen molar-refractivity contribution in [1.29, 1.82) is 0 Å². The number of carboxylic acids is 1. The minimum atomic E-state index is -1.32. The monoisotopic (exact) mass is 566 g/mol. The molecule has 12 heteroatoms. The predicted octanol–water partition coefficient (Wildman–Crippen LogP) is 4.69. The van der Waals surface area contributed by atoms with Crippen LogP contribution in [0.2, 0.25) is 0 Å². The fraction of sp³-hybridized carbons (Fsp3) is 0.556. The fourth-order valence-corrected chi connectivity index (χ4v) is 5.44. The molecule has 4 rings (SSSR count). The van der Waals surface area contributed by atoms with Gasteiger partial charge in [0.15, 0.2) is 0 Å². The van der Waals surface area contributed by atoms with Crippen LogP contribution in [0.25, 0.3) is 10.9 Å². The number of ether oxygens (including phenoxy) is 1. The summed E-state index contributed by atoms with van der Waals surface area (Å²) in [6.07, 6.45) is 1.02. The number of carbonyl (C=O) groups is 3. The van der Waals surface area contributed by atoms with Crippen LogP contribution >= 0.6 is 11.8 Å². The number of fused-ring (bicyclic) bond motifs is 3. The second kappa shape index (κ2) is 14.8. The van der Waals surface area contributed by atoms with E-state index in [1.807, 2.05) is 41.5 Å². The van der Waals surface area contributed by atoms with E-state index in [9.17, 15) is 24.3 Å². The smallest absolute Gasteiger partial charge is 0.407 e. The second-order valence-corrected chi connectivity index (χ2v) is 9.74. The van der Waals surface area contributed by atoms with Gasteiger partial charge >= 0.3 is 12.1 Å². The van der Waals surface area contributed by atoms with Gasteiger partial charge in [0.25, 0.3) is 0 Å². The molecule has 0 radical (unpaired) electrons. The van der Waals surface area contributed by atoms with E-state index in [0.717, 1.165) is 18.9 Å². The van der Waals surface area contributed by atoms with E-state index in [-0.39, 0.29) is 28.8 Å². The van der Waals surface area contributed by atoms with Gasteiger partial charge in [-0.3, -0.25) is 9.59 Å². The Morgan fingerprint density at radius 3 is 2.33 bits per heavy atom. The second-order valence-electron chi connectivity index (χ2n) is 8.43. The van der Waals surface area contributed by atoms with Crippen LogP contribution in [0.3, 0.4) is 0 Å². The number of benzene rings is 1. The highest BCUT2D eigenvalue weighted by atomic mass is 32.2. The van der Waals surface area contributed by atoms with Crippen molar-refractivity contribution in [1.82, 2.24) is 14.8 Å². The fourth-order valence-electron chi connectivity index (χ4n) is 4.28. The van der Waals surface area contributed by atoms with E-state index < -0.39 is 23.3 Å². The summed E-state index contributed by atoms with van der Waals surface area (Å²) in [6, 6.07) is 2.69. The first-order chi connectivity index (χ1) is 18.7. The summed E-state index contributed by atoms with van der Waals surface area (Å²) in [6.45, 7) is 13.4. The summed E-state index contributed by atoms with van der Waals surface area (Å²) in [5, 5.41) is 12.2. The highest BCUT2D eigenvalue weighted by Crippen LogP contribution is 2.46. The summed E-state index contributed by atoms with van der Waals surface area (Å²) in [4.78, 5) is 51.8. The molecule has 2 aliphatic heterocycles. The minimum Gasteiger partial charge on any atom is -0.477 e. The van der Waals surface area contributed by atoms with E-state index in [4.69, 9.17) is 4.74 Å². The summed E-state index contributed by atoms with van der Waals surface area (Å²) >= 11 is 1.29. The highest BCUT2D eigenvalue weighted by Gasteiger charge is 2.33. The Balaban J connectivity index is 0.00000127. The molecule has 2 aliphatic rings. The number of carbonyl (C=O) groups excluding carboxylic acids is 2. The summed E-state index contributed by atoms with van der Waals surface area (Å²) in [5.74, 6) is -2.20. The van der Waals surface area contributed by atoms with Crippen molar-refractivity contribution in [3.05, 3.63) is 33.7 Å². The zero-order chi connectivity index (χ0) is 29.3. The van der Waals surface area contributed by atoms with Gasteiger partial charge in [0.2, 0.25) is 11.3 Å². The number of alkyl carbamates (subject to hydrolysis) is 1. The first kappa shape index (κ1) is 31.9. The number of hydrogen-bond acceptors (Lipinski definition) is 7. The summed E-state index contributed by atoms with van der Waals surface area (Å²) in [7, 11) is 0. The van der Waals surface area contributed by atoms with Gasteiger partial charge in [0.05, 0.1) is 28.2 Å². The number of thioether (sulfide) groups is 1. The van der Waals surface area contributed by atoms with Crippen molar-refractivity contribution in [2.45, 2.75) is 64.8 Å². The van der Waals surface area contributed by atoms with E-state index in [1.165, 1.54) is 11.8 Å². The normalized spacial score (nSPS) is 15.6. The lowest BCUT2D eigenvalue weighted by atomic mass is 10.1. The van der Waals surface area contributed by atoms with Crippen LogP contribution in [0.1, 0.15) is 70.1 Å². The number of amides is 2. The third-order valence-corrected chi connectivity index (χ3v) is 7.35.